The van der Waals surface area contributed by atoms with E-state index in [1.165, 1.54) is 51.4 Å². The van der Waals surface area contributed by atoms with Gasteiger partial charge in [0.2, 0.25) is 0 Å². The number of ether oxygens (including phenoxy) is 2. The first kappa shape index (κ1) is 54.3. The summed E-state index contributed by atoms with van der Waals surface area (Å²) in [5, 5.41) is 9.56. The number of aliphatic hydroxyl groups excluding tert-OH is 1. The molecule has 0 aromatic carbocycles. The predicted octanol–water partition coefficient (Wildman–Crippen LogP) is 15.2. The normalized spacial score (nSPS) is 13.4. The molecule has 0 aromatic heterocycles. The molecule has 1 unspecified atom stereocenters. The Morgan fingerprint density at radius 1 is 0.414 bits per heavy atom. The van der Waals surface area contributed by atoms with Gasteiger partial charge in [-0.3, -0.25) is 9.59 Å². The summed E-state index contributed by atoms with van der Waals surface area (Å²) >= 11 is 0. The van der Waals surface area contributed by atoms with E-state index in [4.69, 9.17) is 9.47 Å². The monoisotopic (exact) mass is 801 g/mol. The van der Waals surface area contributed by atoms with Crippen molar-refractivity contribution < 1.29 is 24.2 Å². The summed E-state index contributed by atoms with van der Waals surface area (Å²) < 4.78 is 10.6. The Morgan fingerprint density at radius 2 is 0.741 bits per heavy atom. The molecule has 0 heterocycles. The predicted molar refractivity (Wildman–Crippen MR) is 251 cm³/mol. The number of hydrogen-bond donors (Lipinski definition) is 1. The first-order valence-electron chi connectivity index (χ1n) is 23.1. The van der Waals surface area contributed by atoms with Gasteiger partial charge in [-0.15, -0.1) is 0 Å². The standard InChI is InChI=1S/C53H84O5/c1-3-5-7-9-11-13-15-16-17-18-19-20-21-22-23-24-25-26-27-28-29-30-31-32-33-34-35-36-38-40-42-44-46-48-53(56)58-51(49-54)50-57-52(55)47-45-43-41-39-37-14-12-10-8-6-4-2/h5,7,11,13,16-17,19-20,22-23,25-26,28-29,31-32,34-35,38,40,51,54H,3-4,6,8-10,12,14-15,18,21,24,27,30,33,36-37,39,41-50H2,1-2H3/b7-5-,13-11-,17-16-,20-19-,23-22-,26-25-,29-28-,32-31-,35-34-,40-38-. The Morgan fingerprint density at radius 3 is 1.12 bits per heavy atom. The largest absolute Gasteiger partial charge is 0.462 e. The summed E-state index contributed by atoms with van der Waals surface area (Å²) in [7, 11) is 0. The number of carbonyl (C=O) groups is 2. The Kier molecular flexibility index (Phi) is 44.6. The van der Waals surface area contributed by atoms with Gasteiger partial charge in [-0.25, -0.2) is 0 Å². The Bertz CT molecular complexity index is 1220. The van der Waals surface area contributed by atoms with Gasteiger partial charge in [0.15, 0.2) is 6.10 Å². The lowest BCUT2D eigenvalue weighted by molar-refractivity contribution is -0.161. The van der Waals surface area contributed by atoms with Crippen LogP contribution in [0, 0.1) is 0 Å². The molecule has 0 aliphatic rings. The molecular weight excluding hydrogens is 717 g/mol. The molecule has 0 aromatic rings. The van der Waals surface area contributed by atoms with E-state index in [2.05, 4.69) is 135 Å². The van der Waals surface area contributed by atoms with Crippen LogP contribution in [0.4, 0.5) is 0 Å². The van der Waals surface area contributed by atoms with Gasteiger partial charge < -0.3 is 14.6 Å². The first-order chi connectivity index (χ1) is 28.6. The zero-order valence-corrected chi connectivity index (χ0v) is 37.0. The van der Waals surface area contributed by atoms with Crippen LogP contribution in [0.2, 0.25) is 0 Å². The molecule has 0 aliphatic heterocycles. The minimum absolute atomic E-state index is 0.0894. The van der Waals surface area contributed by atoms with E-state index < -0.39 is 6.10 Å². The van der Waals surface area contributed by atoms with Crippen molar-refractivity contribution in [3.63, 3.8) is 0 Å². The molecule has 0 rings (SSSR count). The number of aliphatic hydroxyl groups is 1. The van der Waals surface area contributed by atoms with E-state index in [1.807, 2.05) is 0 Å². The molecule has 1 N–H and O–H groups in total. The maximum atomic E-state index is 12.2. The van der Waals surface area contributed by atoms with E-state index in [9.17, 15) is 14.7 Å². The number of esters is 2. The highest BCUT2D eigenvalue weighted by Crippen LogP contribution is 2.13. The van der Waals surface area contributed by atoms with Gasteiger partial charge in [-0.05, 0) is 89.9 Å². The number of carbonyl (C=O) groups excluding carboxylic acids is 2. The maximum Gasteiger partial charge on any atom is 0.306 e. The zero-order valence-electron chi connectivity index (χ0n) is 37.0. The second kappa shape index (κ2) is 47.7. The smallest absolute Gasteiger partial charge is 0.306 e. The molecule has 0 spiro atoms. The molecule has 1 atom stereocenters. The van der Waals surface area contributed by atoms with Gasteiger partial charge in [0.05, 0.1) is 6.61 Å². The molecule has 0 saturated heterocycles. The SMILES string of the molecule is CC/C=C\C/C=C\C/C=C\C/C=C\C/C=C\C/C=C\C/C=C\C/C=C\C/C=C\C/C=C\CCCCC(=O)OC(CO)COC(=O)CCCCCCCCCCCCC. The van der Waals surface area contributed by atoms with Crippen molar-refractivity contribution in [2.24, 2.45) is 0 Å². The average molecular weight is 801 g/mol. The Labute approximate surface area is 356 Å². The van der Waals surface area contributed by atoms with Crippen LogP contribution in [0.3, 0.4) is 0 Å². The van der Waals surface area contributed by atoms with Crippen molar-refractivity contribution in [1.82, 2.24) is 0 Å². The molecule has 0 bridgehead atoms. The number of allylic oxidation sites excluding steroid dienone is 20. The average Bonchev–Trinajstić information content (AvgIpc) is 3.23. The summed E-state index contributed by atoms with van der Waals surface area (Å²) in [6.45, 7) is 3.96. The third-order valence-electron chi connectivity index (χ3n) is 9.27. The third kappa shape index (κ3) is 45.0. The van der Waals surface area contributed by atoms with E-state index in [1.54, 1.807) is 0 Å². The maximum absolute atomic E-state index is 12.2. The van der Waals surface area contributed by atoms with Crippen molar-refractivity contribution in [3.05, 3.63) is 122 Å². The van der Waals surface area contributed by atoms with Crippen LogP contribution in [-0.4, -0.2) is 36.4 Å². The fourth-order valence-electron chi connectivity index (χ4n) is 5.82. The van der Waals surface area contributed by atoms with Crippen LogP contribution in [0.5, 0.6) is 0 Å². The number of rotatable bonds is 40. The van der Waals surface area contributed by atoms with Crippen LogP contribution in [0.25, 0.3) is 0 Å². The topological polar surface area (TPSA) is 72.8 Å². The highest BCUT2D eigenvalue weighted by molar-refractivity contribution is 5.70. The van der Waals surface area contributed by atoms with Crippen molar-refractivity contribution in [2.45, 2.75) is 187 Å². The lowest BCUT2D eigenvalue weighted by atomic mass is 10.1. The summed E-state index contributed by atoms with van der Waals surface area (Å²) in [4.78, 5) is 24.3. The fraction of sp³-hybridized carbons (Fsp3) is 0.585. The minimum Gasteiger partial charge on any atom is -0.462 e. The molecule has 58 heavy (non-hydrogen) atoms. The summed E-state index contributed by atoms with van der Waals surface area (Å²) in [5.74, 6) is -0.652. The van der Waals surface area contributed by atoms with Gasteiger partial charge in [0, 0.05) is 12.8 Å². The molecule has 5 nitrogen and oxygen atoms in total. The van der Waals surface area contributed by atoms with Crippen LogP contribution in [-0.2, 0) is 19.1 Å². The lowest BCUT2D eigenvalue weighted by Gasteiger charge is -2.15. The van der Waals surface area contributed by atoms with Crippen LogP contribution < -0.4 is 0 Å². The Hall–Kier alpha value is -3.70. The van der Waals surface area contributed by atoms with Gasteiger partial charge >= 0.3 is 11.9 Å². The minimum atomic E-state index is -0.800. The van der Waals surface area contributed by atoms with Crippen LogP contribution in [0.1, 0.15) is 181 Å². The first-order valence-corrected chi connectivity index (χ1v) is 23.1. The van der Waals surface area contributed by atoms with Crippen molar-refractivity contribution >= 4 is 11.9 Å². The van der Waals surface area contributed by atoms with E-state index in [0.717, 1.165) is 103 Å². The second-order valence-corrected chi connectivity index (χ2v) is 14.8. The molecular formula is C53H84O5. The number of unbranched alkanes of at least 4 members (excludes halogenated alkanes) is 12. The van der Waals surface area contributed by atoms with Gasteiger partial charge in [-0.2, -0.15) is 0 Å². The van der Waals surface area contributed by atoms with Crippen molar-refractivity contribution in [1.29, 1.82) is 0 Å². The van der Waals surface area contributed by atoms with E-state index >= 15 is 0 Å². The van der Waals surface area contributed by atoms with Crippen molar-refractivity contribution in [2.75, 3.05) is 13.2 Å². The molecule has 5 heteroatoms. The van der Waals surface area contributed by atoms with Gasteiger partial charge in [0.25, 0.3) is 0 Å². The quantitative estimate of drug-likeness (QED) is 0.0380. The van der Waals surface area contributed by atoms with Gasteiger partial charge in [-0.1, -0.05) is 200 Å². The summed E-state index contributed by atoms with van der Waals surface area (Å²) in [6, 6.07) is 0. The summed E-state index contributed by atoms with van der Waals surface area (Å²) in [6.07, 6.45) is 70.0. The van der Waals surface area contributed by atoms with Crippen LogP contribution in [0.15, 0.2) is 122 Å². The third-order valence-corrected chi connectivity index (χ3v) is 9.27. The van der Waals surface area contributed by atoms with Gasteiger partial charge in [0.1, 0.15) is 6.61 Å². The van der Waals surface area contributed by atoms with E-state index in [0.29, 0.717) is 12.8 Å². The zero-order chi connectivity index (χ0) is 42.1. The fourth-order valence-corrected chi connectivity index (χ4v) is 5.82. The highest BCUT2D eigenvalue weighted by atomic mass is 16.6. The van der Waals surface area contributed by atoms with Crippen molar-refractivity contribution in [3.8, 4) is 0 Å². The van der Waals surface area contributed by atoms with E-state index in [-0.39, 0.29) is 25.2 Å². The molecule has 0 fully saturated rings. The molecule has 0 amide bonds. The Balaban J connectivity index is 3.72. The van der Waals surface area contributed by atoms with Crippen LogP contribution >= 0.6 is 0 Å². The molecule has 0 radical (unpaired) electrons. The number of hydrogen-bond acceptors (Lipinski definition) is 5. The highest BCUT2D eigenvalue weighted by Gasteiger charge is 2.16. The lowest BCUT2D eigenvalue weighted by Crippen LogP contribution is -2.28. The molecule has 0 saturated carbocycles. The summed E-state index contributed by atoms with van der Waals surface area (Å²) in [5.41, 5.74) is 0. The second-order valence-electron chi connectivity index (χ2n) is 14.8. The molecule has 326 valence electrons. The molecule has 0 aliphatic carbocycles.